The lowest BCUT2D eigenvalue weighted by Gasteiger charge is -2.06. The van der Waals surface area contributed by atoms with Crippen molar-refractivity contribution in [2.75, 3.05) is 0 Å². The van der Waals surface area contributed by atoms with Gasteiger partial charge >= 0.3 is 0 Å². The molecule has 2 rings (SSSR count). The average Bonchev–Trinajstić information content (AvgIpc) is 2.77. The summed E-state index contributed by atoms with van der Waals surface area (Å²) in [6, 6.07) is 7.42. The fourth-order valence-electron chi connectivity index (χ4n) is 1.60. The summed E-state index contributed by atoms with van der Waals surface area (Å²) in [6.45, 7) is 1.78. The van der Waals surface area contributed by atoms with Crippen LogP contribution < -0.4 is 0 Å². The fraction of sp³-hybridized carbons (Fsp3) is 0.154. The molecule has 0 radical (unpaired) electrons. The van der Waals surface area contributed by atoms with Crippen molar-refractivity contribution in [1.82, 2.24) is 4.98 Å². The number of nitriles is 1. The first-order chi connectivity index (χ1) is 8.61. The molecule has 0 aliphatic carbocycles. The van der Waals surface area contributed by atoms with E-state index >= 15 is 0 Å². The SMILES string of the molecule is Cc1nc(C(=O)C(C#N)c2cccc(F)c2)cs1. The van der Waals surface area contributed by atoms with E-state index in [2.05, 4.69) is 4.98 Å². The van der Waals surface area contributed by atoms with Gasteiger partial charge in [-0.15, -0.1) is 11.3 Å². The van der Waals surface area contributed by atoms with Crippen LogP contribution in [0.5, 0.6) is 0 Å². The molecule has 1 unspecified atom stereocenters. The number of benzene rings is 1. The second kappa shape index (κ2) is 5.07. The first kappa shape index (κ1) is 12.4. The zero-order valence-corrected chi connectivity index (χ0v) is 10.4. The standard InChI is InChI=1S/C13H9FN2OS/c1-8-16-12(7-18-8)13(17)11(6-15)9-3-2-4-10(14)5-9/h2-5,7,11H,1H3. The lowest BCUT2D eigenvalue weighted by Crippen LogP contribution is -2.12. The number of halogens is 1. The number of aryl methyl sites for hydroxylation is 1. The highest BCUT2D eigenvalue weighted by atomic mass is 32.1. The van der Waals surface area contributed by atoms with Gasteiger partial charge < -0.3 is 0 Å². The zero-order chi connectivity index (χ0) is 13.1. The number of thiazole rings is 1. The lowest BCUT2D eigenvalue weighted by molar-refractivity contribution is 0.0974. The lowest BCUT2D eigenvalue weighted by atomic mass is 9.95. The topological polar surface area (TPSA) is 53.8 Å². The molecule has 3 nitrogen and oxygen atoms in total. The number of hydrogen-bond donors (Lipinski definition) is 0. The number of carbonyl (C=O) groups excluding carboxylic acids is 1. The van der Waals surface area contributed by atoms with Crippen LogP contribution in [0.25, 0.3) is 0 Å². The van der Waals surface area contributed by atoms with Crippen LogP contribution in [0, 0.1) is 24.1 Å². The van der Waals surface area contributed by atoms with Crippen LogP contribution >= 0.6 is 11.3 Å². The van der Waals surface area contributed by atoms with E-state index in [1.807, 2.05) is 6.07 Å². The second-order valence-corrected chi connectivity index (χ2v) is 4.80. The Hall–Kier alpha value is -2.06. The molecule has 2 aromatic rings. The summed E-state index contributed by atoms with van der Waals surface area (Å²) in [5.41, 5.74) is 0.612. The van der Waals surface area contributed by atoms with Gasteiger partial charge in [-0.2, -0.15) is 5.26 Å². The van der Waals surface area contributed by atoms with Crippen LogP contribution in [-0.2, 0) is 0 Å². The Morgan fingerprint density at radius 1 is 1.56 bits per heavy atom. The Balaban J connectivity index is 2.35. The quantitative estimate of drug-likeness (QED) is 0.797. The Kier molecular flexibility index (Phi) is 3.49. The van der Waals surface area contributed by atoms with Crippen LogP contribution in [-0.4, -0.2) is 10.8 Å². The van der Waals surface area contributed by atoms with E-state index in [1.54, 1.807) is 18.4 Å². The highest BCUT2D eigenvalue weighted by Gasteiger charge is 2.23. The summed E-state index contributed by atoms with van der Waals surface area (Å²) in [5, 5.41) is 11.5. The molecule has 0 saturated carbocycles. The highest BCUT2D eigenvalue weighted by Crippen LogP contribution is 2.22. The number of Topliss-reactive ketones (excluding diaryl/α,β-unsaturated/α-hetero) is 1. The maximum absolute atomic E-state index is 13.1. The fourth-order valence-corrected chi connectivity index (χ4v) is 2.20. The third-order valence-electron chi connectivity index (χ3n) is 2.44. The van der Waals surface area contributed by atoms with Gasteiger partial charge in [0.05, 0.1) is 11.1 Å². The molecular formula is C13H9FN2OS. The molecular weight excluding hydrogens is 251 g/mol. The Morgan fingerprint density at radius 3 is 2.89 bits per heavy atom. The van der Waals surface area contributed by atoms with Crippen molar-refractivity contribution in [3.05, 3.63) is 51.7 Å². The van der Waals surface area contributed by atoms with Gasteiger partial charge in [-0.05, 0) is 24.6 Å². The van der Waals surface area contributed by atoms with Crippen LogP contribution in [0.1, 0.15) is 27.0 Å². The van der Waals surface area contributed by atoms with Crippen molar-refractivity contribution >= 4 is 17.1 Å². The van der Waals surface area contributed by atoms with Crippen molar-refractivity contribution in [2.24, 2.45) is 0 Å². The minimum atomic E-state index is -1.01. The Morgan fingerprint density at radius 2 is 2.33 bits per heavy atom. The Labute approximate surface area is 108 Å². The summed E-state index contributed by atoms with van der Waals surface area (Å²) in [5.74, 6) is -1.87. The van der Waals surface area contributed by atoms with Gasteiger partial charge in [-0.3, -0.25) is 4.79 Å². The first-order valence-corrected chi connectivity index (χ1v) is 6.11. The molecule has 0 aliphatic heterocycles. The number of rotatable bonds is 3. The molecule has 90 valence electrons. The predicted molar refractivity (Wildman–Crippen MR) is 65.9 cm³/mol. The molecule has 0 fully saturated rings. The summed E-state index contributed by atoms with van der Waals surface area (Å²) in [7, 11) is 0. The summed E-state index contributed by atoms with van der Waals surface area (Å²) >= 11 is 1.34. The smallest absolute Gasteiger partial charge is 0.203 e. The average molecular weight is 260 g/mol. The monoisotopic (exact) mass is 260 g/mol. The van der Waals surface area contributed by atoms with E-state index in [-0.39, 0.29) is 5.69 Å². The van der Waals surface area contributed by atoms with Gasteiger partial charge in [0.2, 0.25) is 5.78 Å². The summed E-state index contributed by atoms with van der Waals surface area (Å²) in [6.07, 6.45) is 0. The number of nitrogens with zero attached hydrogens (tertiary/aromatic N) is 2. The summed E-state index contributed by atoms with van der Waals surface area (Å²) in [4.78, 5) is 16.2. The van der Waals surface area contributed by atoms with Gasteiger partial charge in [0.15, 0.2) is 0 Å². The highest BCUT2D eigenvalue weighted by molar-refractivity contribution is 7.09. The van der Waals surface area contributed by atoms with Crippen molar-refractivity contribution < 1.29 is 9.18 Å². The molecule has 1 atom stereocenters. The molecule has 0 N–H and O–H groups in total. The molecule has 18 heavy (non-hydrogen) atoms. The van der Waals surface area contributed by atoms with Crippen LogP contribution in [0.3, 0.4) is 0 Å². The zero-order valence-electron chi connectivity index (χ0n) is 9.55. The Bertz CT molecular complexity index is 630. The molecule has 1 aromatic carbocycles. The molecule has 1 heterocycles. The van der Waals surface area contributed by atoms with E-state index in [1.165, 1.54) is 29.5 Å². The molecule has 0 saturated heterocycles. The second-order valence-electron chi connectivity index (χ2n) is 3.73. The van der Waals surface area contributed by atoms with E-state index in [0.29, 0.717) is 5.56 Å². The number of hydrogen-bond acceptors (Lipinski definition) is 4. The number of aromatic nitrogens is 1. The molecule has 0 aliphatic rings. The predicted octanol–water partition coefficient (Wildman–Crippen LogP) is 3.08. The first-order valence-electron chi connectivity index (χ1n) is 5.23. The number of carbonyl (C=O) groups is 1. The van der Waals surface area contributed by atoms with Gasteiger partial charge in [-0.25, -0.2) is 9.37 Å². The number of ketones is 1. The maximum atomic E-state index is 13.1. The van der Waals surface area contributed by atoms with Gasteiger partial charge in [0.1, 0.15) is 17.4 Å². The van der Waals surface area contributed by atoms with Crippen molar-refractivity contribution in [2.45, 2.75) is 12.8 Å². The van der Waals surface area contributed by atoms with Crippen LogP contribution in [0.4, 0.5) is 4.39 Å². The van der Waals surface area contributed by atoms with Gasteiger partial charge in [0, 0.05) is 5.38 Å². The van der Waals surface area contributed by atoms with E-state index in [4.69, 9.17) is 5.26 Å². The van der Waals surface area contributed by atoms with Crippen LogP contribution in [0.2, 0.25) is 0 Å². The van der Waals surface area contributed by atoms with Crippen molar-refractivity contribution in [3.8, 4) is 6.07 Å². The largest absolute Gasteiger partial charge is 0.291 e. The van der Waals surface area contributed by atoms with Gasteiger partial charge in [-0.1, -0.05) is 12.1 Å². The van der Waals surface area contributed by atoms with Crippen molar-refractivity contribution in [1.29, 1.82) is 5.26 Å². The van der Waals surface area contributed by atoms with E-state index in [0.717, 1.165) is 5.01 Å². The third kappa shape index (κ3) is 2.44. The van der Waals surface area contributed by atoms with Gasteiger partial charge in [0.25, 0.3) is 0 Å². The minimum Gasteiger partial charge on any atom is -0.291 e. The van der Waals surface area contributed by atoms with Crippen LogP contribution in [0.15, 0.2) is 29.6 Å². The maximum Gasteiger partial charge on any atom is 0.203 e. The normalized spacial score (nSPS) is 11.8. The van der Waals surface area contributed by atoms with E-state index < -0.39 is 17.5 Å². The van der Waals surface area contributed by atoms with Crippen molar-refractivity contribution in [3.63, 3.8) is 0 Å². The molecule has 0 amide bonds. The molecule has 1 aromatic heterocycles. The summed E-state index contributed by atoms with van der Waals surface area (Å²) < 4.78 is 13.1. The molecule has 5 heteroatoms. The van der Waals surface area contributed by atoms with E-state index in [9.17, 15) is 9.18 Å². The third-order valence-corrected chi connectivity index (χ3v) is 3.22. The minimum absolute atomic E-state index is 0.258. The molecule has 0 spiro atoms. The molecule has 0 bridgehead atoms.